The van der Waals surface area contributed by atoms with Crippen LogP contribution in [0, 0.1) is 0 Å². The van der Waals surface area contributed by atoms with Crippen molar-refractivity contribution in [3.05, 3.63) is 12.2 Å². The number of hydrogen-bond donors (Lipinski definition) is 0. The van der Waals surface area contributed by atoms with Crippen LogP contribution in [0.1, 0.15) is 39.0 Å². The van der Waals surface area contributed by atoms with Gasteiger partial charge in [-0.3, -0.25) is 0 Å². The predicted molar refractivity (Wildman–Crippen MR) is 59.3 cm³/mol. The van der Waals surface area contributed by atoms with E-state index in [-0.39, 0.29) is 54.2 Å². The largest absolute Gasteiger partial charge is 2.00 e. The van der Waals surface area contributed by atoms with Gasteiger partial charge in [-0.05, 0) is 32.1 Å². The number of ether oxygens (including phenoxy) is 2. The fourth-order valence-corrected chi connectivity index (χ4v) is 1.39. The Hall–Kier alpha value is 1.01. The summed E-state index contributed by atoms with van der Waals surface area (Å²) in [5, 5.41) is 0. The molecule has 1 fully saturated rings. The third kappa shape index (κ3) is 11.5. The van der Waals surface area contributed by atoms with Crippen LogP contribution in [0.2, 0.25) is 0 Å². The van der Waals surface area contributed by atoms with Crippen molar-refractivity contribution in [2.75, 3.05) is 13.2 Å². The second kappa shape index (κ2) is 16.0. The smallest absolute Gasteiger partial charge is 1.00 e. The zero-order valence-corrected chi connectivity index (χ0v) is 12.9. The first kappa shape index (κ1) is 22.2. The van der Waals surface area contributed by atoms with Gasteiger partial charge in [-0.15, -0.1) is 0 Å². The summed E-state index contributed by atoms with van der Waals surface area (Å²) < 4.78 is 11.0. The molecule has 1 atom stereocenters. The van der Waals surface area contributed by atoms with E-state index in [1.165, 1.54) is 12.8 Å². The van der Waals surface area contributed by atoms with Gasteiger partial charge in [-0.1, -0.05) is 19.1 Å². The maximum Gasteiger partial charge on any atom is 2.00 e. The molecule has 5 heteroatoms. The maximum absolute atomic E-state index is 5.56. The minimum absolute atomic E-state index is 0. The molecule has 16 heavy (non-hydrogen) atoms. The summed E-state index contributed by atoms with van der Waals surface area (Å²) in [6, 6.07) is 0. The molecule has 0 aromatic heterocycles. The van der Waals surface area contributed by atoms with Gasteiger partial charge in [0.1, 0.15) is 0 Å². The number of halogens is 2. The van der Waals surface area contributed by atoms with E-state index in [1.807, 2.05) is 0 Å². The van der Waals surface area contributed by atoms with Crippen molar-refractivity contribution < 1.29 is 34.3 Å². The molecule has 2 nitrogen and oxygen atoms in total. The van der Waals surface area contributed by atoms with Crippen LogP contribution in [0.25, 0.3) is 0 Å². The number of rotatable bonds is 5. The first-order chi connectivity index (χ1) is 6.43. The second-order valence-corrected chi connectivity index (χ2v) is 3.34. The summed E-state index contributed by atoms with van der Waals surface area (Å²) in [5.41, 5.74) is 0. The quantitative estimate of drug-likeness (QED) is 0.296. The minimum Gasteiger partial charge on any atom is -1.00 e. The van der Waals surface area contributed by atoms with Crippen molar-refractivity contribution in [3.8, 4) is 0 Å². The molecule has 1 unspecified atom stereocenters. The molecular formula is C11H20Cl2MgO2. The van der Waals surface area contributed by atoms with Gasteiger partial charge in [-0.2, -0.15) is 0 Å². The van der Waals surface area contributed by atoms with Crippen LogP contribution in [0.4, 0.5) is 0 Å². The molecule has 92 valence electrons. The van der Waals surface area contributed by atoms with Gasteiger partial charge in [0.2, 0.25) is 0 Å². The Labute approximate surface area is 127 Å². The van der Waals surface area contributed by atoms with E-state index in [2.05, 4.69) is 19.1 Å². The number of allylic oxidation sites excluding steroid dienone is 1. The molecule has 1 heterocycles. The molecule has 0 aromatic rings. The van der Waals surface area contributed by atoms with E-state index in [4.69, 9.17) is 9.47 Å². The summed E-state index contributed by atoms with van der Waals surface area (Å²) in [7, 11) is 0. The summed E-state index contributed by atoms with van der Waals surface area (Å²) in [4.78, 5) is 0. The SMILES string of the molecule is CC/C=C\CCOC1CCCCO1.[Cl-].[Cl-].[Mg+2]. The number of hydrogen-bond acceptors (Lipinski definition) is 2. The topological polar surface area (TPSA) is 18.5 Å². The van der Waals surface area contributed by atoms with E-state index in [9.17, 15) is 0 Å². The molecule has 0 spiro atoms. The fraction of sp³-hybridized carbons (Fsp3) is 0.818. The first-order valence-corrected chi connectivity index (χ1v) is 5.31. The van der Waals surface area contributed by atoms with E-state index in [0.717, 1.165) is 32.5 Å². The van der Waals surface area contributed by atoms with Crippen molar-refractivity contribution in [1.82, 2.24) is 0 Å². The fourth-order valence-electron chi connectivity index (χ4n) is 1.39. The van der Waals surface area contributed by atoms with Crippen LogP contribution in [-0.4, -0.2) is 42.6 Å². The van der Waals surface area contributed by atoms with Gasteiger partial charge < -0.3 is 34.3 Å². The third-order valence-electron chi connectivity index (χ3n) is 2.13. The molecule has 0 saturated carbocycles. The van der Waals surface area contributed by atoms with Crippen molar-refractivity contribution in [2.24, 2.45) is 0 Å². The Bertz CT molecular complexity index is 151. The van der Waals surface area contributed by atoms with Gasteiger partial charge in [-0.25, -0.2) is 0 Å². The van der Waals surface area contributed by atoms with Gasteiger partial charge in [0.05, 0.1) is 6.61 Å². The Morgan fingerprint density at radius 1 is 1.25 bits per heavy atom. The molecular weight excluding hydrogens is 259 g/mol. The van der Waals surface area contributed by atoms with Gasteiger partial charge in [0.25, 0.3) is 0 Å². The molecule has 0 radical (unpaired) electrons. The predicted octanol–water partition coefficient (Wildman–Crippen LogP) is -3.49. The van der Waals surface area contributed by atoms with E-state index in [1.54, 1.807) is 0 Å². The maximum atomic E-state index is 5.56. The summed E-state index contributed by atoms with van der Waals surface area (Å²) in [6.45, 7) is 3.80. The average molecular weight is 279 g/mol. The first-order valence-electron chi connectivity index (χ1n) is 5.31. The standard InChI is InChI=1S/C11H20O2.2ClH.Mg/c1-2-3-4-6-9-12-11-8-5-7-10-13-11;;;/h3-4,11H,2,5-10H2,1H3;2*1H;/q;;;+2/p-2/b4-3-;;;. The van der Waals surface area contributed by atoms with Crippen LogP contribution in [-0.2, 0) is 9.47 Å². The van der Waals surface area contributed by atoms with Crippen molar-refractivity contribution in [3.63, 3.8) is 0 Å². The van der Waals surface area contributed by atoms with Crippen LogP contribution < -0.4 is 24.8 Å². The van der Waals surface area contributed by atoms with Crippen LogP contribution in [0.3, 0.4) is 0 Å². The van der Waals surface area contributed by atoms with Gasteiger partial charge in [0.15, 0.2) is 6.29 Å². The molecule has 1 rings (SSSR count). The molecule has 1 aliphatic rings. The van der Waals surface area contributed by atoms with E-state index >= 15 is 0 Å². The molecule has 0 aromatic carbocycles. The Morgan fingerprint density at radius 3 is 2.56 bits per heavy atom. The van der Waals surface area contributed by atoms with Gasteiger partial charge in [0, 0.05) is 6.61 Å². The zero-order chi connectivity index (χ0) is 9.36. The van der Waals surface area contributed by atoms with Crippen molar-refractivity contribution >= 4 is 23.1 Å². The van der Waals surface area contributed by atoms with E-state index < -0.39 is 0 Å². The summed E-state index contributed by atoms with van der Waals surface area (Å²) in [5.74, 6) is 0. The molecule has 1 saturated heterocycles. The van der Waals surface area contributed by atoms with Crippen LogP contribution >= 0.6 is 0 Å². The monoisotopic (exact) mass is 278 g/mol. The molecule has 0 N–H and O–H groups in total. The van der Waals surface area contributed by atoms with E-state index in [0.29, 0.717) is 0 Å². The second-order valence-electron chi connectivity index (χ2n) is 3.34. The molecule has 0 amide bonds. The minimum atomic E-state index is 0. The molecule has 1 aliphatic heterocycles. The Morgan fingerprint density at radius 2 is 2.00 bits per heavy atom. The summed E-state index contributed by atoms with van der Waals surface area (Å²) in [6.07, 6.45) is 10.0. The third-order valence-corrected chi connectivity index (χ3v) is 2.13. The average Bonchev–Trinajstić information content (AvgIpc) is 2.19. The Kier molecular flexibility index (Phi) is 22.2. The normalized spacial score (nSPS) is 19.4. The van der Waals surface area contributed by atoms with Crippen molar-refractivity contribution in [1.29, 1.82) is 0 Å². The van der Waals surface area contributed by atoms with Crippen LogP contribution in [0.5, 0.6) is 0 Å². The van der Waals surface area contributed by atoms with Crippen LogP contribution in [0.15, 0.2) is 12.2 Å². The molecule has 0 aliphatic carbocycles. The van der Waals surface area contributed by atoms with Crippen molar-refractivity contribution in [2.45, 2.75) is 45.3 Å². The Balaban J connectivity index is -0.000000563. The molecule has 0 bridgehead atoms. The summed E-state index contributed by atoms with van der Waals surface area (Å²) >= 11 is 0. The van der Waals surface area contributed by atoms with Gasteiger partial charge >= 0.3 is 23.1 Å². The zero-order valence-electron chi connectivity index (χ0n) is 9.96.